The zero-order valence-corrected chi connectivity index (χ0v) is 17.6. The van der Waals surface area contributed by atoms with Gasteiger partial charge in [0.25, 0.3) is 0 Å². The van der Waals surface area contributed by atoms with E-state index in [-0.39, 0.29) is 5.76 Å². The van der Waals surface area contributed by atoms with Gasteiger partial charge in [0.2, 0.25) is 5.91 Å². The first-order valence-corrected chi connectivity index (χ1v) is 10.2. The van der Waals surface area contributed by atoms with Crippen molar-refractivity contribution >= 4 is 21.6 Å². The fraction of sp³-hybridized carbons (Fsp3) is 0.474. The average molecular weight is 434 g/mol. The normalized spacial score (nSPS) is 14.6. The topological polar surface area (TPSA) is 107 Å². The minimum Gasteiger partial charge on any atom is -0.512 e. The lowest BCUT2D eigenvalue weighted by Gasteiger charge is -2.21. The molecule has 0 saturated carbocycles. The Kier molecular flexibility index (Phi) is 7.29. The molecule has 0 aromatic heterocycles. The van der Waals surface area contributed by atoms with Crippen molar-refractivity contribution in [1.82, 2.24) is 5.32 Å². The van der Waals surface area contributed by atoms with E-state index in [1.165, 1.54) is 13.8 Å². The van der Waals surface area contributed by atoms with E-state index < -0.39 is 54.8 Å². The van der Waals surface area contributed by atoms with E-state index in [1.807, 2.05) is 0 Å². The lowest BCUT2D eigenvalue weighted by Crippen LogP contribution is -2.45. The Labute approximate surface area is 168 Å². The molecule has 1 aromatic carbocycles. The van der Waals surface area contributed by atoms with E-state index >= 15 is 0 Å². The fourth-order valence-corrected chi connectivity index (χ4v) is 4.24. The quantitative estimate of drug-likeness (QED) is 0.369. The molecule has 1 rings (SSSR count). The number of hydrogen-bond acceptors (Lipinski definition) is 5. The summed E-state index contributed by atoms with van der Waals surface area (Å²) in [6.07, 6.45) is -3.62. The van der Waals surface area contributed by atoms with E-state index in [2.05, 4.69) is 5.32 Å². The summed E-state index contributed by atoms with van der Waals surface area (Å²) >= 11 is 0. The number of halogens is 3. The van der Waals surface area contributed by atoms with Gasteiger partial charge in [-0.3, -0.25) is 10.2 Å². The minimum absolute atomic E-state index is 0.186. The summed E-state index contributed by atoms with van der Waals surface area (Å²) in [7, 11) is -4.32. The van der Waals surface area contributed by atoms with Crippen LogP contribution in [-0.2, 0) is 20.8 Å². The maximum absolute atomic E-state index is 12.9. The second-order valence-electron chi connectivity index (χ2n) is 7.91. The average Bonchev–Trinajstić information content (AvgIpc) is 2.52. The number of amidine groups is 1. The van der Waals surface area contributed by atoms with Crippen LogP contribution in [0.4, 0.5) is 13.2 Å². The number of aliphatic hydroxyl groups is 1. The summed E-state index contributed by atoms with van der Waals surface area (Å²) in [5.74, 6) is -2.43. The van der Waals surface area contributed by atoms with Crippen molar-refractivity contribution in [2.45, 2.75) is 50.9 Å². The first-order valence-electron chi connectivity index (χ1n) is 8.69. The summed E-state index contributed by atoms with van der Waals surface area (Å²) in [5.41, 5.74) is -1.69. The van der Waals surface area contributed by atoms with E-state index in [0.29, 0.717) is 12.1 Å². The smallest absolute Gasteiger partial charge is 0.416 e. The third kappa shape index (κ3) is 6.31. The van der Waals surface area contributed by atoms with Crippen LogP contribution in [0.2, 0.25) is 0 Å². The molecule has 0 radical (unpaired) electrons. The molecule has 162 valence electrons. The van der Waals surface area contributed by atoms with Gasteiger partial charge in [-0.25, -0.2) is 8.42 Å². The SMILES string of the molecule is CC(C)C(C(=O)NC(=N)/C=C(\O)C(C)(C)C)S(=O)(=O)c1ccc(C(F)(F)F)cc1. The van der Waals surface area contributed by atoms with Gasteiger partial charge < -0.3 is 10.4 Å². The predicted octanol–water partition coefficient (Wildman–Crippen LogP) is 4.09. The molecule has 1 aromatic rings. The minimum atomic E-state index is -4.62. The van der Waals surface area contributed by atoms with Crippen LogP contribution in [0.5, 0.6) is 0 Å². The van der Waals surface area contributed by atoms with Crippen LogP contribution in [0, 0.1) is 16.7 Å². The Morgan fingerprint density at radius 2 is 1.62 bits per heavy atom. The molecule has 1 atom stereocenters. The first kappa shape index (κ1) is 24.7. The molecular formula is C19H25F3N2O4S. The van der Waals surface area contributed by atoms with E-state index in [1.54, 1.807) is 20.8 Å². The van der Waals surface area contributed by atoms with Crippen molar-refractivity contribution < 1.29 is 31.5 Å². The standard InChI is InChI=1S/C19H25F3N2O4S/c1-11(2)16(17(26)24-15(23)10-14(25)18(3,4)5)29(27,28)13-8-6-12(7-9-13)19(20,21)22/h6-11,16,25H,1-5H3,(H2,23,24,26)/b14-10-. The van der Waals surface area contributed by atoms with Gasteiger partial charge in [-0.05, 0) is 30.2 Å². The second-order valence-corrected chi connectivity index (χ2v) is 9.98. The number of nitrogens with one attached hydrogen (secondary N) is 2. The number of aliphatic hydroxyl groups excluding tert-OH is 1. The Hall–Kier alpha value is -2.36. The van der Waals surface area contributed by atoms with E-state index in [0.717, 1.165) is 18.2 Å². The highest BCUT2D eigenvalue weighted by Gasteiger charge is 2.38. The number of amides is 1. The van der Waals surface area contributed by atoms with Crippen molar-refractivity contribution in [3.8, 4) is 0 Å². The van der Waals surface area contributed by atoms with Crippen molar-refractivity contribution in [2.24, 2.45) is 11.3 Å². The van der Waals surface area contributed by atoms with Crippen LogP contribution >= 0.6 is 0 Å². The molecule has 6 nitrogen and oxygen atoms in total. The summed E-state index contributed by atoms with van der Waals surface area (Å²) < 4.78 is 63.8. The van der Waals surface area contributed by atoms with Gasteiger partial charge in [0.15, 0.2) is 9.84 Å². The third-order valence-electron chi connectivity index (χ3n) is 4.02. The summed E-state index contributed by atoms with van der Waals surface area (Å²) in [6, 6.07) is 2.87. The molecule has 1 amide bonds. The van der Waals surface area contributed by atoms with Gasteiger partial charge in [0.1, 0.15) is 16.8 Å². The largest absolute Gasteiger partial charge is 0.512 e. The van der Waals surface area contributed by atoms with Gasteiger partial charge in [-0.2, -0.15) is 13.2 Å². The molecule has 0 bridgehead atoms. The predicted molar refractivity (Wildman–Crippen MR) is 103 cm³/mol. The Balaban J connectivity index is 3.18. The lowest BCUT2D eigenvalue weighted by atomic mass is 9.93. The van der Waals surface area contributed by atoms with Gasteiger partial charge in [-0.15, -0.1) is 0 Å². The van der Waals surface area contributed by atoms with Crippen LogP contribution in [0.15, 0.2) is 41.0 Å². The lowest BCUT2D eigenvalue weighted by molar-refractivity contribution is -0.137. The summed E-state index contributed by atoms with van der Waals surface area (Å²) in [4.78, 5) is 12.1. The third-order valence-corrected chi connectivity index (χ3v) is 6.37. The van der Waals surface area contributed by atoms with Crippen molar-refractivity contribution in [3.05, 3.63) is 41.7 Å². The van der Waals surface area contributed by atoms with Gasteiger partial charge in [0, 0.05) is 11.5 Å². The molecule has 0 aliphatic rings. The number of rotatable bonds is 5. The molecular weight excluding hydrogens is 409 g/mol. The maximum Gasteiger partial charge on any atom is 0.416 e. The molecule has 1 unspecified atom stereocenters. The van der Waals surface area contributed by atoms with Gasteiger partial charge in [-0.1, -0.05) is 34.6 Å². The molecule has 0 aliphatic carbocycles. The highest BCUT2D eigenvalue weighted by Crippen LogP contribution is 2.31. The highest BCUT2D eigenvalue weighted by atomic mass is 32.2. The van der Waals surface area contributed by atoms with Crippen molar-refractivity contribution in [3.63, 3.8) is 0 Å². The second kappa shape index (κ2) is 8.56. The number of hydrogen-bond donors (Lipinski definition) is 3. The van der Waals surface area contributed by atoms with Crippen molar-refractivity contribution in [1.29, 1.82) is 5.41 Å². The highest BCUT2D eigenvalue weighted by molar-refractivity contribution is 7.92. The number of sulfone groups is 1. The van der Waals surface area contributed by atoms with Gasteiger partial charge >= 0.3 is 6.18 Å². The van der Waals surface area contributed by atoms with Crippen LogP contribution in [0.1, 0.15) is 40.2 Å². The number of allylic oxidation sites excluding steroid dienone is 1. The maximum atomic E-state index is 12.9. The number of carbonyl (C=O) groups is 1. The van der Waals surface area contributed by atoms with E-state index in [9.17, 15) is 31.5 Å². The van der Waals surface area contributed by atoms with Crippen LogP contribution in [0.25, 0.3) is 0 Å². The number of alkyl halides is 3. The number of carbonyl (C=O) groups excluding carboxylic acids is 1. The zero-order valence-electron chi connectivity index (χ0n) is 16.8. The molecule has 29 heavy (non-hydrogen) atoms. The first-order chi connectivity index (χ1) is 13.0. The van der Waals surface area contributed by atoms with Crippen LogP contribution in [0.3, 0.4) is 0 Å². The monoisotopic (exact) mass is 434 g/mol. The molecule has 10 heteroatoms. The Morgan fingerprint density at radius 1 is 1.14 bits per heavy atom. The molecule has 3 N–H and O–H groups in total. The van der Waals surface area contributed by atoms with Crippen molar-refractivity contribution in [2.75, 3.05) is 0 Å². The molecule has 0 saturated heterocycles. The van der Waals surface area contributed by atoms with Gasteiger partial charge in [0.05, 0.1) is 10.5 Å². The zero-order chi connectivity index (χ0) is 22.8. The summed E-state index contributed by atoms with van der Waals surface area (Å²) in [5, 5.41) is 18.2. The fourth-order valence-electron chi connectivity index (χ4n) is 2.38. The molecule has 0 spiro atoms. The Morgan fingerprint density at radius 3 is 2.00 bits per heavy atom. The number of benzene rings is 1. The van der Waals surface area contributed by atoms with Crippen LogP contribution in [-0.4, -0.2) is 30.5 Å². The van der Waals surface area contributed by atoms with E-state index in [4.69, 9.17) is 5.41 Å². The molecule has 0 fully saturated rings. The molecule has 0 heterocycles. The summed E-state index contributed by atoms with van der Waals surface area (Å²) in [6.45, 7) is 7.98. The Bertz CT molecular complexity index is 897. The van der Waals surface area contributed by atoms with Crippen LogP contribution < -0.4 is 5.32 Å². The molecule has 0 aliphatic heterocycles.